The minimum atomic E-state index is -1.71. The second-order valence-electron chi connectivity index (χ2n) is 7.69. The smallest absolute Gasteiger partial charge is 0.258 e. The van der Waals surface area contributed by atoms with Gasteiger partial charge in [0.25, 0.3) is 11.8 Å². The summed E-state index contributed by atoms with van der Waals surface area (Å²) in [5.41, 5.74) is -0.738. The fourth-order valence-electron chi connectivity index (χ4n) is 3.34. The number of nitrogens with one attached hydrogen (secondary N) is 2. The average molecular weight is 378 g/mol. The van der Waals surface area contributed by atoms with Crippen molar-refractivity contribution in [2.75, 3.05) is 13.2 Å². The summed E-state index contributed by atoms with van der Waals surface area (Å²) in [5, 5.41) is 5.64. The SMILES string of the molecule is Cc1ccccc1OCC(=O)N[C@H](CCNC(=O)C1(F)CCCC1)C(C)C. The van der Waals surface area contributed by atoms with Crippen molar-refractivity contribution in [1.29, 1.82) is 0 Å². The largest absolute Gasteiger partial charge is 0.484 e. The molecule has 1 aromatic carbocycles. The van der Waals surface area contributed by atoms with Crippen LogP contribution >= 0.6 is 0 Å². The number of halogens is 1. The number of benzene rings is 1. The van der Waals surface area contributed by atoms with Crippen molar-refractivity contribution in [3.63, 3.8) is 0 Å². The lowest BCUT2D eigenvalue weighted by Crippen LogP contribution is -2.45. The first-order chi connectivity index (χ1) is 12.8. The number of hydrogen-bond donors (Lipinski definition) is 2. The number of hydrogen-bond acceptors (Lipinski definition) is 3. The molecular weight excluding hydrogens is 347 g/mol. The molecule has 0 aliphatic heterocycles. The lowest BCUT2D eigenvalue weighted by Gasteiger charge is -2.24. The summed E-state index contributed by atoms with van der Waals surface area (Å²) < 4.78 is 20.0. The minimum absolute atomic E-state index is 0.0615. The van der Waals surface area contributed by atoms with Gasteiger partial charge in [-0.25, -0.2) is 4.39 Å². The first-order valence-corrected chi connectivity index (χ1v) is 9.77. The van der Waals surface area contributed by atoms with Crippen LogP contribution in [-0.2, 0) is 9.59 Å². The topological polar surface area (TPSA) is 67.4 Å². The molecule has 1 fully saturated rings. The van der Waals surface area contributed by atoms with Crippen molar-refractivity contribution in [3.05, 3.63) is 29.8 Å². The van der Waals surface area contributed by atoms with Crippen molar-refractivity contribution in [2.45, 2.75) is 64.6 Å². The molecule has 1 saturated carbocycles. The Morgan fingerprint density at radius 3 is 2.52 bits per heavy atom. The number of amides is 2. The molecule has 1 atom stereocenters. The van der Waals surface area contributed by atoms with Crippen LogP contribution in [0.25, 0.3) is 0 Å². The molecule has 2 rings (SSSR count). The summed E-state index contributed by atoms with van der Waals surface area (Å²) in [6.07, 6.45) is 2.68. The van der Waals surface area contributed by atoms with Gasteiger partial charge in [0.05, 0.1) is 0 Å². The normalized spacial score (nSPS) is 16.8. The van der Waals surface area contributed by atoms with Crippen LogP contribution in [0.2, 0.25) is 0 Å². The molecule has 150 valence electrons. The van der Waals surface area contributed by atoms with Crippen LogP contribution < -0.4 is 15.4 Å². The lowest BCUT2D eigenvalue weighted by molar-refractivity contribution is -0.132. The van der Waals surface area contributed by atoms with E-state index >= 15 is 0 Å². The number of carbonyl (C=O) groups excluding carboxylic acids is 2. The van der Waals surface area contributed by atoms with Crippen molar-refractivity contribution in [3.8, 4) is 5.75 Å². The van der Waals surface area contributed by atoms with E-state index in [-0.39, 0.29) is 24.5 Å². The molecule has 0 saturated heterocycles. The Bertz CT molecular complexity index is 642. The highest BCUT2D eigenvalue weighted by molar-refractivity contribution is 5.85. The molecule has 1 aliphatic carbocycles. The fraction of sp³-hybridized carbons (Fsp3) is 0.619. The third-order valence-electron chi connectivity index (χ3n) is 5.15. The highest BCUT2D eigenvalue weighted by atomic mass is 19.1. The molecule has 5 nitrogen and oxygen atoms in total. The zero-order chi connectivity index (χ0) is 19.9. The van der Waals surface area contributed by atoms with E-state index in [0.717, 1.165) is 18.4 Å². The molecule has 1 aliphatic rings. The fourth-order valence-corrected chi connectivity index (χ4v) is 3.34. The molecule has 2 N–H and O–H groups in total. The molecule has 6 heteroatoms. The maximum atomic E-state index is 14.4. The van der Waals surface area contributed by atoms with Crippen LogP contribution in [0.15, 0.2) is 24.3 Å². The zero-order valence-electron chi connectivity index (χ0n) is 16.5. The van der Waals surface area contributed by atoms with Crippen LogP contribution in [0.4, 0.5) is 4.39 Å². The van der Waals surface area contributed by atoms with E-state index in [1.165, 1.54) is 0 Å². The third kappa shape index (κ3) is 6.22. The van der Waals surface area contributed by atoms with Gasteiger partial charge < -0.3 is 15.4 Å². The van der Waals surface area contributed by atoms with Gasteiger partial charge in [-0.15, -0.1) is 0 Å². The van der Waals surface area contributed by atoms with Gasteiger partial charge in [0.2, 0.25) is 0 Å². The number of alkyl halides is 1. The third-order valence-corrected chi connectivity index (χ3v) is 5.15. The Morgan fingerprint density at radius 2 is 1.89 bits per heavy atom. The van der Waals surface area contributed by atoms with E-state index in [1.54, 1.807) is 0 Å². The van der Waals surface area contributed by atoms with Crippen molar-refractivity contribution >= 4 is 11.8 Å². The predicted molar refractivity (Wildman–Crippen MR) is 103 cm³/mol. The maximum Gasteiger partial charge on any atom is 0.258 e. The Labute approximate surface area is 161 Å². The van der Waals surface area contributed by atoms with Gasteiger partial charge in [-0.2, -0.15) is 0 Å². The van der Waals surface area contributed by atoms with Crippen molar-refractivity contribution < 1.29 is 18.7 Å². The second-order valence-corrected chi connectivity index (χ2v) is 7.69. The number of rotatable bonds is 9. The molecule has 0 heterocycles. The molecule has 1 aromatic rings. The first-order valence-electron chi connectivity index (χ1n) is 9.77. The van der Waals surface area contributed by atoms with E-state index < -0.39 is 11.6 Å². The molecule has 0 spiro atoms. The summed E-state index contributed by atoms with van der Waals surface area (Å²) in [6, 6.07) is 7.42. The first kappa shape index (κ1) is 21.2. The predicted octanol–water partition coefficient (Wildman–Crippen LogP) is 3.30. The molecular formula is C21H31FN2O3. The van der Waals surface area contributed by atoms with Crippen LogP contribution in [0, 0.1) is 12.8 Å². The number of para-hydroxylation sites is 1. The van der Waals surface area contributed by atoms with Gasteiger partial charge in [-0.05, 0) is 56.6 Å². The monoisotopic (exact) mass is 378 g/mol. The summed E-state index contributed by atoms with van der Waals surface area (Å²) in [6.45, 7) is 6.21. The van der Waals surface area contributed by atoms with Gasteiger partial charge >= 0.3 is 0 Å². The number of aryl methyl sites for hydroxylation is 1. The van der Waals surface area contributed by atoms with Crippen molar-refractivity contribution in [2.24, 2.45) is 5.92 Å². The Kier molecular flexibility index (Phi) is 7.63. The van der Waals surface area contributed by atoms with Gasteiger partial charge in [0, 0.05) is 12.6 Å². The summed E-state index contributed by atoms with van der Waals surface area (Å²) >= 11 is 0. The average Bonchev–Trinajstić information content (AvgIpc) is 3.08. The van der Waals surface area contributed by atoms with E-state index in [4.69, 9.17) is 4.74 Å². The summed E-state index contributed by atoms with van der Waals surface area (Å²) in [4.78, 5) is 24.3. The van der Waals surface area contributed by atoms with Crippen LogP contribution in [-0.4, -0.2) is 36.7 Å². The molecule has 2 amide bonds. The Balaban J connectivity index is 1.76. The van der Waals surface area contributed by atoms with Crippen molar-refractivity contribution in [1.82, 2.24) is 10.6 Å². The summed E-state index contributed by atoms with van der Waals surface area (Å²) in [7, 11) is 0. The van der Waals surface area contributed by atoms with Crippen LogP contribution in [0.3, 0.4) is 0 Å². The summed E-state index contributed by atoms with van der Waals surface area (Å²) in [5.74, 6) is 0.152. The highest BCUT2D eigenvalue weighted by Crippen LogP contribution is 2.33. The zero-order valence-corrected chi connectivity index (χ0v) is 16.5. The maximum absolute atomic E-state index is 14.4. The molecule has 0 aromatic heterocycles. The Hall–Kier alpha value is -2.11. The molecule has 0 radical (unpaired) electrons. The second kappa shape index (κ2) is 9.72. The Morgan fingerprint density at radius 1 is 1.22 bits per heavy atom. The van der Waals surface area contributed by atoms with Gasteiger partial charge in [-0.1, -0.05) is 32.0 Å². The van der Waals surface area contributed by atoms with E-state index in [2.05, 4.69) is 10.6 Å². The molecule has 0 unspecified atom stereocenters. The molecule has 27 heavy (non-hydrogen) atoms. The minimum Gasteiger partial charge on any atom is -0.484 e. The highest BCUT2D eigenvalue weighted by Gasteiger charge is 2.41. The van der Waals surface area contributed by atoms with E-state index in [9.17, 15) is 14.0 Å². The standard InChI is InChI=1S/C21H31FN2O3/c1-15(2)17(10-13-23-20(26)21(22)11-6-7-12-21)24-19(25)14-27-18-9-5-4-8-16(18)3/h4-5,8-9,15,17H,6-7,10-14H2,1-3H3,(H,23,26)(H,24,25)/t17-/m1/s1. The van der Waals surface area contributed by atoms with E-state index in [0.29, 0.717) is 31.6 Å². The van der Waals surface area contributed by atoms with Gasteiger partial charge in [0.1, 0.15) is 5.75 Å². The number of ether oxygens (including phenoxy) is 1. The number of carbonyl (C=O) groups is 2. The van der Waals surface area contributed by atoms with E-state index in [1.807, 2.05) is 45.0 Å². The van der Waals surface area contributed by atoms with Gasteiger partial charge in [-0.3, -0.25) is 9.59 Å². The van der Waals surface area contributed by atoms with Crippen LogP contribution in [0.5, 0.6) is 5.75 Å². The van der Waals surface area contributed by atoms with Gasteiger partial charge in [0.15, 0.2) is 12.3 Å². The lowest BCUT2D eigenvalue weighted by atomic mass is 10.00. The van der Waals surface area contributed by atoms with Crippen LogP contribution in [0.1, 0.15) is 51.5 Å². The molecule has 0 bridgehead atoms. The quantitative estimate of drug-likeness (QED) is 0.693.